The van der Waals surface area contributed by atoms with Crippen molar-refractivity contribution in [1.82, 2.24) is 0 Å². The molecule has 1 rings (SSSR count). The van der Waals surface area contributed by atoms with Crippen LogP contribution in [0.4, 0.5) is 0 Å². The molecule has 0 aliphatic heterocycles. The SMILES string of the molecule is C=N\C=C/C(=C\C)/C=C(/CC)c1ccc(C(C)(C)N)cc1. The van der Waals surface area contributed by atoms with Crippen LogP contribution in [0, 0.1) is 0 Å². The molecule has 0 radical (unpaired) electrons. The first kappa shape index (κ1) is 17.1. The molecular formula is C19H26N2. The second-order valence-electron chi connectivity index (χ2n) is 5.61. The van der Waals surface area contributed by atoms with Gasteiger partial charge < -0.3 is 5.73 Å². The van der Waals surface area contributed by atoms with Crippen molar-refractivity contribution >= 4 is 12.3 Å². The molecule has 112 valence electrons. The van der Waals surface area contributed by atoms with Crippen molar-refractivity contribution in [2.75, 3.05) is 0 Å². The van der Waals surface area contributed by atoms with Crippen molar-refractivity contribution in [2.24, 2.45) is 10.7 Å². The Morgan fingerprint density at radius 1 is 1.29 bits per heavy atom. The highest BCUT2D eigenvalue weighted by Gasteiger charge is 2.13. The Bertz CT molecular complexity index is 552. The third-order valence-electron chi connectivity index (χ3n) is 3.43. The Morgan fingerprint density at radius 3 is 2.33 bits per heavy atom. The molecule has 0 aromatic heterocycles. The molecule has 0 amide bonds. The lowest BCUT2D eigenvalue weighted by molar-refractivity contribution is 0.554. The van der Waals surface area contributed by atoms with E-state index in [-0.39, 0.29) is 5.54 Å². The molecule has 0 spiro atoms. The van der Waals surface area contributed by atoms with Gasteiger partial charge in [-0.3, -0.25) is 4.99 Å². The Kier molecular flexibility index (Phi) is 6.32. The Hall–Kier alpha value is -1.93. The average molecular weight is 282 g/mol. The molecule has 1 aromatic carbocycles. The minimum absolute atomic E-state index is 0.304. The third-order valence-corrected chi connectivity index (χ3v) is 3.43. The van der Waals surface area contributed by atoms with Crippen molar-refractivity contribution < 1.29 is 0 Å². The Balaban J connectivity index is 3.10. The lowest BCUT2D eigenvalue weighted by Gasteiger charge is -2.19. The number of benzene rings is 1. The van der Waals surface area contributed by atoms with Crippen LogP contribution in [0.15, 0.2) is 59.3 Å². The van der Waals surface area contributed by atoms with Crippen molar-refractivity contribution in [3.8, 4) is 0 Å². The summed E-state index contributed by atoms with van der Waals surface area (Å²) in [6.07, 6.45) is 8.89. The standard InChI is InChI=1S/C19H26N2/c1-6-15(12-13-21-5)14-16(7-2)17-8-10-18(11-9-17)19(3,4)20/h6,8-14H,5,7,20H2,1-4H3/b13-12-,15-6+,16-14-. The van der Waals surface area contributed by atoms with Crippen LogP contribution < -0.4 is 5.73 Å². The van der Waals surface area contributed by atoms with Crippen LogP contribution in [0.2, 0.25) is 0 Å². The largest absolute Gasteiger partial charge is 0.322 e. The van der Waals surface area contributed by atoms with Crippen LogP contribution in [0.25, 0.3) is 5.57 Å². The van der Waals surface area contributed by atoms with E-state index in [1.165, 1.54) is 11.1 Å². The minimum atomic E-state index is -0.304. The van der Waals surface area contributed by atoms with Crippen LogP contribution in [-0.2, 0) is 5.54 Å². The molecule has 0 bridgehead atoms. The molecule has 0 aliphatic carbocycles. The highest BCUT2D eigenvalue weighted by atomic mass is 14.7. The lowest BCUT2D eigenvalue weighted by atomic mass is 9.92. The van der Waals surface area contributed by atoms with Gasteiger partial charge in [-0.25, -0.2) is 0 Å². The fourth-order valence-electron chi connectivity index (χ4n) is 2.07. The average Bonchev–Trinajstić information content (AvgIpc) is 2.47. The monoisotopic (exact) mass is 282 g/mol. The summed E-state index contributed by atoms with van der Waals surface area (Å²) in [6, 6.07) is 8.49. The zero-order valence-electron chi connectivity index (χ0n) is 13.6. The molecule has 0 saturated heterocycles. The van der Waals surface area contributed by atoms with Crippen LogP contribution in [0.5, 0.6) is 0 Å². The zero-order valence-corrected chi connectivity index (χ0v) is 13.6. The summed E-state index contributed by atoms with van der Waals surface area (Å²) in [5.74, 6) is 0. The summed E-state index contributed by atoms with van der Waals surface area (Å²) in [4.78, 5) is 3.75. The van der Waals surface area contributed by atoms with E-state index in [4.69, 9.17) is 5.73 Å². The third kappa shape index (κ3) is 5.16. The summed E-state index contributed by atoms with van der Waals surface area (Å²) in [6.45, 7) is 11.7. The Labute approximate surface area is 128 Å². The number of hydrogen-bond acceptors (Lipinski definition) is 2. The quantitative estimate of drug-likeness (QED) is 0.588. The van der Waals surface area contributed by atoms with E-state index >= 15 is 0 Å². The van der Waals surface area contributed by atoms with E-state index in [2.05, 4.69) is 55.1 Å². The summed E-state index contributed by atoms with van der Waals surface area (Å²) in [5, 5.41) is 0. The molecular weight excluding hydrogens is 256 g/mol. The van der Waals surface area contributed by atoms with E-state index in [0.29, 0.717) is 0 Å². The highest BCUT2D eigenvalue weighted by Crippen LogP contribution is 2.24. The maximum Gasteiger partial charge on any atom is 0.0352 e. The molecule has 2 N–H and O–H groups in total. The van der Waals surface area contributed by atoms with Crippen molar-refractivity contribution in [2.45, 2.75) is 39.7 Å². The molecule has 0 aliphatic rings. The number of hydrogen-bond donors (Lipinski definition) is 1. The molecule has 0 atom stereocenters. The fourth-order valence-corrected chi connectivity index (χ4v) is 2.07. The van der Waals surface area contributed by atoms with Gasteiger partial charge in [-0.05, 0) is 62.3 Å². The highest BCUT2D eigenvalue weighted by molar-refractivity contribution is 5.69. The van der Waals surface area contributed by atoms with Gasteiger partial charge in [0.2, 0.25) is 0 Å². The number of aliphatic imine (C=N–C) groups is 1. The predicted octanol–water partition coefficient (Wildman–Crippen LogP) is 4.83. The number of allylic oxidation sites excluding steroid dienone is 5. The van der Waals surface area contributed by atoms with Gasteiger partial charge >= 0.3 is 0 Å². The molecule has 0 saturated carbocycles. The summed E-state index contributed by atoms with van der Waals surface area (Å²) < 4.78 is 0. The van der Waals surface area contributed by atoms with Crippen LogP contribution in [-0.4, -0.2) is 6.72 Å². The van der Waals surface area contributed by atoms with Crippen molar-refractivity contribution in [1.29, 1.82) is 0 Å². The summed E-state index contributed by atoms with van der Waals surface area (Å²) >= 11 is 0. The van der Waals surface area contributed by atoms with E-state index in [9.17, 15) is 0 Å². The van der Waals surface area contributed by atoms with Gasteiger partial charge in [0.25, 0.3) is 0 Å². The van der Waals surface area contributed by atoms with Gasteiger partial charge in [0.05, 0.1) is 0 Å². The van der Waals surface area contributed by atoms with Gasteiger partial charge in [-0.15, -0.1) is 0 Å². The Morgan fingerprint density at radius 2 is 1.90 bits per heavy atom. The van der Waals surface area contributed by atoms with Crippen molar-refractivity contribution in [3.63, 3.8) is 0 Å². The maximum atomic E-state index is 6.12. The second-order valence-corrected chi connectivity index (χ2v) is 5.61. The minimum Gasteiger partial charge on any atom is -0.322 e. The van der Waals surface area contributed by atoms with E-state index < -0.39 is 0 Å². The molecule has 0 heterocycles. The van der Waals surface area contributed by atoms with E-state index in [0.717, 1.165) is 17.6 Å². The molecule has 0 unspecified atom stereocenters. The number of rotatable bonds is 6. The lowest BCUT2D eigenvalue weighted by Crippen LogP contribution is -2.28. The first-order valence-electron chi connectivity index (χ1n) is 7.31. The van der Waals surface area contributed by atoms with Gasteiger partial charge in [0, 0.05) is 11.7 Å². The van der Waals surface area contributed by atoms with Crippen LogP contribution in [0.1, 0.15) is 45.2 Å². The van der Waals surface area contributed by atoms with Gasteiger partial charge in [0.15, 0.2) is 0 Å². The van der Waals surface area contributed by atoms with Gasteiger partial charge in [0.1, 0.15) is 0 Å². The summed E-state index contributed by atoms with van der Waals surface area (Å²) in [7, 11) is 0. The molecule has 1 aromatic rings. The summed E-state index contributed by atoms with van der Waals surface area (Å²) in [5.41, 5.74) is 10.6. The topological polar surface area (TPSA) is 38.4 Å². The van der Waals surface area contributed by atoms with E-state index in [1.807, 2.05) is 26.8 Å². The van der Waals surface area contributed by atoms with E-state index in [1.54, 1.807) is 6.20 Å². The van der Waals surface area contributed by atoms with Gasteiger partial charge in [-0.1, -0.05) is 43.3 Å². The predicted molar refractivity (Wildman–Crippen MR) is 94.4 cm³/mol. The number of nitrogens with zero attached hydrogens (tertiary/aromatic N) is 1. The molecule has 2 heteroatoms. The zero-order chi connectivity index (χ0) is 15.9. The second kappa shape index (κ2) is 7.75. The fraction of sp³-hybridized carbons (Fsp3) is 0.316. The molecule has 21 heavy (non-hydrogen) atoms. The molecule has 0 fully saturated rings. The smallest absolute Gasteiger partial charge is 0.0352 e. The van der Waals surface area contributed by atoms with Crippen molar-refractivity contribution in [3.05, 3.63) is 65.4 Å². The first-order chi connectivity index (χ1) is 9.92. The van der Waals surface area contributed by atoms with Gasteiger partial charge in [-0.2, -0.15) is 0 Å². The maximum absolute atomic E-state index is 6.12. The molecule has 2 nitrogen and oxygen atoms in total. The normalized spacial score (nSPS) is 13.8. The van der Waals surface area contributed by atoms with Crippen LogP contribution in [0.3, 0.4) is 0 Å². The first-order valence-corrected chi connectivity index (χ1v) is 7.31. The number of nitrogens with two attached hydrogens (primary N) is 1. The van der Waals surface area contributed by atoms with Crippen LogP contribution >= 0.6 is 0 Å².